The van der Waals surface area contributed by atoms with Gasteiger partial charge in [-0.05, 0) is 67.1 Å². The molecular formula is C34H41ClN2O8S. The monoisotopic (exact) mass is 672 g/mol. The molecule has 0 bridgehead atoms. The Balaban J connectivity index is 1.21. The molecule has 5 N–H and O–H groups in total. The quantitative estimate of drug-likeness (QED) is 0.135. The molecule has 2 aromatic carbocycles. The fraction of sp³-hybridized carbons (Fsp3) is 0.471. The highest BCUT2D eigenvalue weighted by Crippen LogP contribution is 2.53. The van der Waals surface area contributed by atoms with Gasteiger partial charge in [0.25, 0.3) is 0 Å². The molecule has 1 heterocycles. The van der Waals surface area contributed by atoms with Gasteiger partial charge in [0, 0.05) is 59.2 Å². The van der Waals surface area contributed by atoms with Gasteiger partial charge in [0.1, 0.15) is 30.2 Å². The summed E-state index contributed by atoms with van der Waals surface area (Å²) < 4.78 is 12.8. The first-order chi connectivity index (χ1) is 22.1. The fourth-order valence-electron chi connectivity index (χ4n) is 5.27. The number of hydrogen-bond donors (Lipinski definition) is 5. The van der Waals surface area contributed by atoms with E-state index < -0.39 is 36.6 Å². The summed E-state index contributed by atoms with van der Waals surface area (Å²) in [5.41, 5.74) is 3.46. The molecule has 12 heteroatoms. The highest BCUT2D eigenvalue weighted by Gasteiger charge is 2.48. The normalized spacial score (nSPS) is 18.0. The van der Waals surface area contributed by atoms with Crippen LogP contribution < -0.4 is 4.74 Å². The molecule has 2 fully saturated rings. The molecule has 4 unspecified atom stereocenters. The van der Waals surface area contributed by atoms with Crippen molar-refractivity contribution in [3.8, 4) is 16.9 Å². The SMILES string of the molecule is CC(=O)N(CCSc1ccc(Cl)c(COC2(c3cnccc3-c3ccccc3OC3CC3)CC2)c1)CC(O)C(O)C(O)C(O)CO. The summed E-state index contributed by atoms with van der Waals surface area (Å²) in [5, 5.41) is 49.5. The molecule has 46 heavy (non-hydrogen) atoms. The van der Waals surface area contributed by atoms with Crippen molar-refractivity contribution in [3.63, 3.8) is 0 Å². The van der Waals surface area contributed by atoms with E-state index in [1.165, 1.54) is 23.6 Å². The number of aliphatic hydroxyl groups is 5. The molecule has 0 spiro atoms. The Bertz CT molecular complexity index is 1490. The van der Waals surface area contributed by atoms with Crippen molar-refractivity contribution in [3.05, 3.63) is 77.1 Å². The van der Waals surface area contributed by atoms with Gasteiger partial charge in [0.05, 0.1) is 24.9 Å². The third-order valence-corrected chi connectivity index (χ3v) is 9.68. The number of halogens is 1. The predicted molar refractivity (Wildman–Crippen MR) is 175 cm³/mol. The van der Waals surface area contributed by atoms with Crippen LogP contribution >= 0.6 is 23.4 Å². The van der Waals surface area contributed by atoms with E-state index in [-0.39, 0.29) is 25.1 Å². The number of nitrogens with zero attached hydrogens (tertiary/aromatic N) is 2. The van der Waals surface area contributed by atoms with Gasteiger partial charge in [-0.2, -0.15) is 0 Å². The lowest BCUT2D eigenvalue weighted by Gasteiger charge is -2.30. The van der Waals surface area contributed by atoms with Gasteiger partial charge in [-0.3, -0.25) is 9.78 Å². The number of amides is 1. The van der Waals surface area contributed by atoms with Crippen LogP contribution in [0.25, 0.3) is 11.1 Å². The number of rotatable bonds is 17. The van der Waals surface area contributed by atoms with E-state index in [0.29, 0.717) is 17.4 Å². The number of carbonyl (C=O) groups excluding carboxylic acids is 1. The molecule has 0 radical (unpaired) electrons. The first kappa shape index (κ1) is 34.6. The maximum atomic E-state index is 12.2. The molecule has 10 nitrogen and oxygen atoms in total. The van der Waals surface area contributed by atoms with Crippen molar-refractivity contribution < 1.29 is 39.8 Å². The smallest absolute Gasteiger partial charge is 0.219 e. The average molecular weight is 673 g/mol. The van der Waals surface area contributed by atoms with Crippen LogP contribution in [0.15, 0.2) is 65.8 Å². The van der Waals surface area contributed by atoms with Crippen LogP contribution in [-0.2, 0) is 21.7 Å². The first-order valence-electron chi connectivity index (χ1n) is 15.5. The van der Waals surface area contributed by atoms with Gasteiger partial charge < -0.3 is 39.9 Å². The minimum absolute atomic E-state index is 0.248. The second-order valence-electron chi connectivity index (χ2n) is 11.9. The molecule has 5 rings (SSSR count). The molecule has 2 aliphatic carbocycles. The van der Waals surface area contributed by atoms with Crippen LogP contribution in [0, 0.1) is 0 Å². The lowest BCUT2D eigenvalue weighted by atomic mass is 9.96. The summed E-state index contributed by atoms with van der Waals surface area (Å²) in [6, 6.07) is 15.8. The summed E-state index contributed by atoms with van der Waals surface area (Å²) in [6.07, 6.45) is 1.22. The summed E-state index contributed by atoms with van der Waals surface area (Å²) in [5.74, 6) is 1.03. The molecule has 1 aromatic heterocycles. The maximum absolute atomic E-state index is 12.2. The molecule has 248 valence electrons. The van der Waals surface area contributed by atoms with E-state index in [1.54, 1.807) is 6.20 Å². The predicted octanol–water partition coefficient (Wildman–Crippen LogP) is 3.53. The Morgan fingerprint density at radius 3 is 2.50 bits per heavy atom. The van der Waals surface area contributed by atoms with Crippen molar-refractivity contribution in [1.29, 1.82) is 0 Å². The van der Waals surface area contributed by atoms with Gasteiger partial charge in [-0.15, -0.1) is 11.8 Å². The van der Waals surface area contributed by atoms with Gasteiger partial charge in [-0.25, -0.2) is 0 Å². The van der Waals surface area contributed by atoms with Crippen molar-refractivity contribution in [2.75, 3.05) is 25.4 Å². The standard InChI is InChI=1S/C34H41ClN2O8S/c1-21(39)37(18-29(40)32(42)33(43)30(41)19-38)14-15-46-24-8-9-28(35)22(16-24)20-44-34(11-12-34)27-17-36-13-10-25(27)26-4-2-3-5-31(26)45-23-6-7-23/h2-5,8-10,13,16-17,23,29-30,32-33,38,40-43H,6-7,11-12,14-15,18-20H2,1H3. The van der Waals surface area contributed by atoms with E-state index in [0.717, 1.165) is 58.6 Å². The number of para-hydroxylation sites is 1. The zero-order chi connectivity index (χ0) is 32.8. The van der Waals surface area contributed by atoms with Crippen LogP contribution in [0.5, 0.6) is 5.75 Å². The topological polar surface area (TPSA) is 153 Å². The van der Waals surface area contributed by atoms with E-state index in [9.17, 15) is 25.2 Å². The van der Waals surface area contributed by atoms with Gasteiger partial charge in [0.2, 0.25) is 5.91 Å². The van der Waals surface area contributed by atoms with E-state index in [2.05, 4.69) is 11.1 Å². The van der Waals surface area contributed by atoms with Crippen LogP contribution in [0.2, 0.25) is 5.02 Å². The van der Waals surface area contributed by atoms with Gasteiger partial charge in [-0.1, -0.05) is 29.8 Å². The average Bonchev–Trinajstić information content (AvgIpc) is 4.01. The molecule has 0 saturated heterocycles. The van der Waals surface area contributed by atoms with Crippen LogP contribution in [-0.4, -0.2) is 97.3 Å². The Kier molecular flexibility index (Phi) is 11.6. The van der Waals surface area contributed by atoms with Crippen LogP contribution in [0.4, 0.5) is 0 Å². The molecule has 0 aliphatic heterocycles. The van der Waals surface area contributed by atoms with Crippen molar-refractivity contribution in [2.45, 2.75) is 80.2 Å². The number of pyridine rings is 1. The zero-order valence-electron chi connectivity index (χ0n) is 25.7. The lowest BCUT2D eigenvalue weighted by Crippen LogP contribution is -2.50. The van der Waals surface area contributed by atoms with Crippen LogP contribution in [0.3, 0.4) is 0 Å². The Morgan fingerprint density at radius 1 is 1.07 bits per heavy atom. The maximum Gasteiger partial charge on any atom is 0.219 e. The highest BCUT2D eigenvalue weighted by atomic mass is 35.5. The molecule has 1 amide bonds. The number of thioether (sulfide) groups is 1. The third-order valence-electron chi connectivity index (χ3n) is 8.34. The van der Waals surface area contributed by atoms with Crippen LogP contribution in [0.1, 0.15) is 43.7 Å². The third kappa shape index (κ3) is 8.59. The second kappa shape index (κ2) is 15.4. The number of hydrogen-bond acceptors (Lipinski definition) is 10. The van der Waals surface area contributed by atoms with E-state index in [4.69, 9.17) is 26.2 Å². The summed E-state index contributed by atoms with van der Waals surface area (Å²) >= 11 is 8.09. The van der Waals surface area contributed by atoms with Gasteiger partial charge >= 0.3 is 0 Å². The molecule has 3 aromatic rings. The van der Waals surface area contributed by atoms with Crippen molar-refractivity contribution >= 4 is 29.3 Å². The van der Waals surface area contributed by atoms with Crippen molar-refractivity contribution in [2.24, 2.45) is 0 Å². The molecule has 2 saturated carbocycles. The minimum Gasteiger partial charge on any atom is -0.490 e. The first-order valence-corrected chi connectivity index (χ1v) is 16.8. The number of carbonyl (C=O) groups is 1. The number of benzene rings is 2. The number of aromatic nitrogens is 1. The zero-order valence-corrected chi connectivity index (χ0v) is 27.2. The Labute approximate surface area is 278 Å². The minimum atomic E-state index is -1.76. The largest absolute Gasteiger partial charge is 0.490 e. The summed E-state index contributed by atoms with van der Waals surface area (Å²) in [4.78, 5) is 18.9. The molecule has 4 atom stereocenters. The number of ether oxygens (including phenoxy) is 2. The van der Waals surface area contributed by atoms with Gasteiger partial charge in [0.15, 0.2) is 0 Å². The molecule has 2 aliphatic rings. The fourth-order valence-corrected chi connectivity index (χ4v) is 6.38. The molecular weight excluding hydrogens is 632 g/mol. The van der Waals surface area contributed by atoms with E-state index in [1.807, 2.05) is 48.7 Å². The van der Waals surface area contributed by atoms with E-state index >= 15 is 0 Å². The summed E-state index contributed by atoms with van der Waals surface area (Å²) in [7, 11) is 0. The second-order valence-corrected chi connectivity index (χ2v) is 13.5. The highest BCUT2D eigenvalue weighted by molar-refractivity contribution is 7.99. The van der Waals surface area contributed by atoms with Crippen molar-refractivity contribution in [1.82, 2.24) is 9.88 Å². The number of aliphatic hydroxyl groups excluding tert-OH is 5. The Morgan fingerprint density at radius 2 is 1.80 bits per heavy atom. The Hall–Kier alpha value is -2.74. The summed E-state index contributed by atoms with van der Waals surface area (Å²) in [6.45, 7) is 0.882. The lowest BCUT2D eigenvalue weighted by molar-refractivity contribution is -0.137.